The molecule has 6 nitrogen and oxygen atoms in total. The van der Waals surface area contributed by atoms with E-state index in [9.17, 15) is 14.4 Å². The van der Waals surface area contributed by atoms with Crippen molar-refractivity contribution >= 4 is 34.8 Å². The molecule has 7 heteroatoms. The van der Waals surface area contributed by atoms with Crippen LogP contribution in [0.2, 0.25) is 0 Å². The zero-order valence-corrected chi connectivity index (χ0v) is 13.4. The van der Waals surface area contributed by atoms with Crippen LogP contribution in [0.4, 0.5) is 5.69 Å². The van der Waals surface area contributed by atoms with Gasteiger partial charge in [0, 0.05) is 18.4 Å². The van der Waals surface area contributed by atoms with Crippen LogP contribution in [0.5, 0.6) is 0 Å². The molecule has 0 fully saturated rings. The lowest BCUT2D eigenvalue weighted by molar-refractivity contribution is -0.128. The first kappa shape index (κ1) is 17.2. The van der Waals surface area contributed by atoms with Crippen molar-refractivity contribution in [2.45, 2.75) is 27.2 Å². The molecule has 0 spiro atoms. The standard InChI is InChI=1S/C14H20N2O4S/c1-14(2,3)13(19)15-7-5-10(17)16-9-6-8-21-11(9)12(18)20-4/h6,8H,5,7H2,1-4H3,(H,15,19)(H,16,17). The molecule has 0 atom stereocenters. The van der Waals surface area contributed by atoms with Gasteiger partial charge in [0.25, 0.3) is 0 Å². The van der Waals surface area contributed by atoms with E-state index in [4.69, 9.17) is 0 Å². The van der Waals surface area contributed by atoms with Crippen molar-refractivity contribution in [2.24, 2.45) is 5.41 Å². The first-order valence-corrected chi connectivity index (χ1v) is 7.37. The van der Waals surface area contributed by atoms with Crippen molar-refractivity contribution in [2.75, 3.05) is 19.0 Å². The molecule has 0 bridgehead atoms. The third kappa shape index (κ3) is 5.18. The number of carbonyl (C=O) groups excluding carboxylic acids is 3. The summed E-state index contributed by atoms with van der Waals surface area (Å²) in [4.78, 5) is 35.3. The summed E-state index contributed by atoms with van der Waals surface area (Å²) in [7, 11) is 1.29. The Morgan fingerprint density at radius 2 is 1.95 bits per heavy atom. The minimum atomic E-state index is -0.485. The number of amides is 2. The smallest absolute Gasteiger partial charge is 0.350 e. The molecule has 0 aliphatic carbocycles. The summed E-state index contributed by atoms with van der Waals surface area (Å²) >= 11 is 1.20. The fourth-order valence-corrected chi connectivity index (χ4v) is 2.19. The van der Waals surface area contributed by atoms with Gasteiger partial charge in [0.2, 0.25) is 11.8 Å². The molecule has 2 N–H and O–H groups in total. The van der Waals surface area contributed by atoms with Gasteiger partial charge in [-0.3, -0.25) is 9.59 Å². The monoisotopic (exact) mass is 312 g/mol. The van der Waals surface area contributed by atoms with Crippen LogP contribution in [-0.4, -0.2) is 31.4 Å². The van der Waals surface area contributed by atoms with E-state index < -0.39 is 11.4 Å². The largest absolute Gasteiger partial charge is 0.465 e. The highest BCUT2D eigenvalue weighted by atomic mass is 32.1. The first-order chi connectivity index (χ1) is 9.75. The van der Waals surface area contributed by atoms with Gasteiger partial charge < -0.3 is 15.4 Å². The van der Waals surface area contributed by atoms with Gasteiger partial charge in [-0.1, -0.05) is 20.8 Å². The van der Waals surface area contributed by atoms with E-state index in [0.717, 1.165) is 0 Å². The number of rotatable bonds is 5. The molecule has 1 heterocycles. The van der Waals surface area contributed by atoms with Crippen molar-refractivity contribution in [3.63, 3.8) is 0 Å². The minimum absolute atomic E-state index is 0.110. The van der Waals surface area contributed by atoms with Gasteiger partial charge in [-0.05, 0) is 11.4 Å². The number of ether oxygens (including phenoxy) is 1. The topological polar surface area (TPSA) is 84.5 Å². The van der Waals surface area contributed by atoms with Gasteiger partial charge in [0.05, 0.1) is 12.8 Å². The summed E-state index contributed by atoms with van der Waals surface area (Å²) in [5.74, 6) is -0.866. The molecule has 0 aliphatic rings. The highest BCUT2D eigenvalue weighted by molar-refractivity contribution is 7.12. The second-order valence-electron chi connectivity index (χ2n) is 5.46. The molecule has 21 heavy (non-hydrogen) atoms. The van der Waals surface area contributed by atoms with E-state index in [-0.39, 0.29) is 24.8 Å². The number of carbonyl (C=O) groups is 3. The molecule has 0 aliphatic heterocycles. The Morgan fingerprint density at radius 1 is 1.29 bits per heavy atom. The number of thiophene rings is 1. The van der Waals surface area contributed by atoms with Crippen LogP contribution in [0.1, 0.15) is 36.9 Å². The molecule has 1 rings (SSSR count). The number of anilines is 1. The van der Waals surface area contributed by atoms with Crippen LogP contribution in [0.15, 0.2) is 11.4 Å². The van der Waals surface area contributed by atoms with Crippen molar-refractivity contribution in [1.82, 2.24) is 5.32 Å². The molecule has 2 amide bonds. The average Bonchev–Trinajstić information content (AvgIpc) is 2.84. The van der Waals surface area contributed by atoms with Gasteiger partial charge in [0.1, 0.15) is 4.88 Å². The Labute approximate surface area is 127 Å². The van der Waals surface area contributed by atoms with E-state index >= 15 is 0 Å². The summed E-state index contributed by atoms with van der Waals surface area (Å²) in [6.07, 6.45) is 0.137. The highest BCUT2D eigenvalue weighted by Gasteiger charge is 2.21. The lowest BCUT2D eigenvalue weighted by Crippen LogP contribution is -2.36. The van der Waals surface area contributed by atoms with Crippen LogP contribution in [0.3, 0.4) is 0 Å². The predicted molar refractivity (Wildman–Crippen MR) is 81.4 cm³/mol. The van der Waals surface area contributed by atoms with E-state index in [2.05, 4.69) is 15.4 Å². The van der Waals surface area contributed by atoms with E-state index in [1.807, 2.05) is 0 Å². The van der Waals surface area contributed by atoms with Gasteiger partial charge in [-0.25, -0.2) is 4.79 Å². The fraction of sp³-hybridized carbons (Fsp3) is 0.500. The maximum Gasteiger partial charge on any atom is 0.350 e. The Bertz CT molecular complexity index is 531. The lowest BCUT2D eigenvalue weighted by Gasteiger charge is -2.17. The normalized spacial score (nSPS) is 10.9. The van der Waals surface area contributed by atoms with Crippen LogP contribution in [-0.2, 0) is 14.3 Å². The number of esters is 1. The molecule has 1 aromatic rings. The Morgan fingerprint density at radius 3 is 2.52 bits per heavy atom. The predicted octanol–water partition coefficient (Wildman–Crippen LogP) is 2.03. The van der Waals surface area contributed by atoms with Gasteiger partial charge >= 0.3 is 5.97 Å². The Balaban J connectivity index is 2.47. The summed E-state index contributed by atoms with van der Waals surface area (Å²) in [6.45, 7) is 5.66. The number of methoxy groups -OCH3 is 1. The van der Waals surface area contributed by atoms with Crippen molar-refractivity contribution in [3.8, 4) is 0 Å². The van der Waals surface area contributed by atoms with Gasteiger partial charge in [-0.2, -0.15) is 0 Å². The third-order valence-electron chi connectivity index (χ3n) is 2.63. The molecule has 1 aromatic heterocycles. The van der Waals surface area contributed by atoms with Crippen molar-refractivity contribution in [3.05, 3.63) is 16.3 Å². The molecule has 0 unspecified atom stereocenters. The van der Waals surface area contributed by atoms with Crippen LogP contribution < -0.4 is 10.6 Å². The molecule has 0 saturated carbocycles. The van der Waals surface area contributed by atoms with Gasteiger partial charge in [0.15, 0.2) is 0 Å². The molecular weight excluding hydrogens is 292 g/mol. The van der Waals surface area contributed by atoms with Crippen LogP contribution in [0.25, 0.3) is 0 Å². The minimum Gasteiger partial charge on any atom is -0.465 e. The number of nitrogens with one attached hydrogen (secondary N) is 2. The molecule has 0 saturated heterocycles. The third-order valence-corrected chi connectivity index (χ3v) is 3.52. The van der Waals surface area contributed by atoms with Crippen molar-refractivity contribution < 1.29 is 19.1 Å². The zero-order chi connectivity index (χ0) is 16.0. The maximum absolute atomic E-state index is 11.8. The summed E-state index contributed by atoms with van der Waals surface area (Å²) in [5.41, 5.74) is -0.0546. The summed E-state index contributed by atoms with van der Waals surface area (Å²) in [6, 6.07) is 1.64. The number of hydrogen-bond acceptors (Lipinski definition) is 5. The second-order valence-corrected chi connectivity index (χ2v) is 6.38. The number of hydrogen-bond donors (Lipinski definition) is 2. The zero-order valence-electron chi connectivity index (χ0n) is 12.6. The second kappa shape index (κ2) is 7.21. The Hall–Kier alpha value is -1.89. The van der Waals surface area contributed by atoms with Gasteiger partial charge in [-0.15, -0.1) is 11.3 Å². The average molecular weight is 312 g/mol. The molecular formula is C14H20N2O4S. The van der Waals surface area contributed by atoms with Crippen LogP contribution in [0, 0.1) is 5.41 Å². The molecule has 116 valence electrons. The van der Waals surface area contributed by atoms with Crippen LogP contribution >= 0.6 is 11.3 Å². The van der Waals surface area contributed by atoms with E-state index in [0.29, 0.717) is 10.6 Å². The summed E-state index contributed by atoms with van der Waals surface area (Å²) in [5, 5.41) is 7.03. The lowest BCUT2D eigenvalue weighted by atomic mass is 9.96. The van der Waals surface area contributed by atoms with Crippen molar-refractivity contribution in [1.29, 1.82) is 0 Å². The molecule has 0 aromatic carbocycles. The molecule has 0 radical (unpaired) electrons. The quantitative estimate of drug-likeness (QED) is 0.815. The maximum atomic E-state index is 11.8. The first-order valence-electron chi connectivity index (χ1n) is 6.49. The highest BCUT2D eigenvalue weighted by Crippen LogP contribution is 2.23. The summed E-state index contributed by atoms with van der Waals surface area (Å²) < 4.78 is 4.63. The fourth-order valence-electron chi connectivity index (χ4n) is 1.43. The SMILES string of the molecule is COC(=O)c1sccc1NC(=O)CCNC(=O)C(C)(C)C. The van der Waals surface area contributed by atoms with E-state index in [1.165, 1.54) is 18.4 Å². The van der Waals surface area contributed by atoms with E-state index in [1.54, 1.807) is 32.2 Å². The Kier molecular flexibility index (Phi) is 5.90.